The van der Waals surface area contributed by atoms with Crippen molar-refractivity contribution in [1.29, 1.82) is 0 Å². The van der Waals surface area contributed by atoms with E-state index in [0.717, 1.165) is 11.4 Å². The lowest BCUT2D eigenvalue weighted by Gasteiger charge is -2.04. The molecular weight excluding hydrogens is 233 g/mol. The van der Waals surface area contributed by atoms with E-state index in [9.17, 15) is 4.39 Å². The van der Waals surface area contributed by atoms with Crippen molar-refractivity contribution in [2.45, 2.75) is 6.92 Å². The van der Waals surface area contributed by atoms with Gasteiger partial charge < -0.3 is 5.73 Å². The molecule has 0 amide bonds. The number of para-hydroxylation sites is 1. The average molecular weight is 245 g/mol. The average Bonchev–Trinajstić information content (AvgIpc) is 2.79. The lowest BCUT2D eigenvalue weighted by Crippen LogP contribution is -2.02. The molecular formula is C12H12FN5. The monoisotopic (exact) mass is 245 g/mol. The van der Waals surface area contributed by atoms with Crippen molar-refractivity contribution in [3.63, 3.8) is 0 Å². The van der Waals surface area contributed by atoms with E-state index in [2.05, 4.69) is 10.1 Å². The van der Waals surface area contributed by atoms with Crippen molar-refractivity contribution in [2.75, 3.05) is 5.73 Å². The minimum absolute atomic E-state index is 0.256. The molecule has 0 radical (unpaired) electrons. The topological polar surface area (TPSA) is 61.7 Å². The number of hydrogen-bond acceptors (Lipinski definition) is 3. The molecule has 3 aromatic rings. The van der Waals surface area contributed by atoms with E-state index in [1.165, 1.54) is 6.07 Å². The predicted molar refractivity (Wildman–Crippen MR) is 66.9 cm³/mol. The fourth-order valence-corrected chi connectivity index (χ4v) is 2.15. The van der Waals surface area contributed by atoms with Crippen LogP contribution >= 0.6 is 0 Å². The molecule has 0 unspecified atom stereocenters. The maximum absolute atomic E-state index is 13.9. The molecule has 1 aromatic carbocycles. The fourth-order valence-electron chi connectivity index (χ4n) is 2.15. The summed E-state index contributed by atoms with van der Waals surface area (Å²) in [6.45, 7) is 1.85. The number of benzene rings is 1. The van der Waals surface area contributed by atoms with Crippen molar-refractivity contribution in [2.24, 2.45) is 7.05 Å². The molecule has 0 aliphatic rings. The third kappa shape index (κ3) is 1.38. The maximum atomic E-state index is 13.9. The Morgan fingerprint density at radius 3 is 2.78 bits per heavy atom. The Morgan fingerprint density at radius 2 is 2.11 bits per heavy atom. The number of nitrogens with zero attached hydrogens (tertiary/aromatic N) is 4. The molecule has 2 heterocycles. The van der Waals surface area contributed by atoms with Crippen LogP contribution in [0.15, 0.2) is 24.4 Å². The first kappa shape index (κ1) is 10.8. The first-order valence-corrected chi connectivity index (χ1v) is 5.51. The van der Waals surface area contributed by atoms with E-state index in [0.29, 0.717) is 11.0 Å². The molecule has 5 nitrogen and oxygen atoms in total. The number of nitrogens with two attached hydrogens (primary N) is 1. The summed E-state index contributed by atoms with van der Waals surface area (Å²) in [6, 6.07) is 4.74. The highest BCUT2D eigenvalue weighted by Gasteiger charge is 2.16. The van der Waals surface area contributed by atoms with Crippen molar-refractivity contribution in [3.05, 3.63) is 35.9 Å². The molecule has 3 rings (SSSR count). The molecule has 0 saturated carbocycles. The largest absolute Gasteiger partial charge is 0.369 e. The highest BCUT2D eigenvalue weighted by Crippen LogP contribution is 2.26. The number of hydrogen-bond donors (Lipinski definition) is 1. The van der Waals surface area contributed by atoms with Gasteiger partial charge in [0.25, 0.3) is 0 Å². The van der Waals surface area contributed by atoms with Crippen LogP contribution in [0.4, 0.5) is 10.3 Å². The summed E-state index contributed by atoms with van der Waals surface area (Å²) in [7, 11) is 1.81. The number of rotatable bonds is 1. The van der Waals surface area contributed by atoms with Crippen LogP contribution in [-0.2, 0) is 7.05 Å². The second-order valence-corrected chi connectivity index (χ2v) is 4.19. The second kappa shape index (κ2) is 3.56. The Kier molecular flexibility index (Phi) is 2.13. The van der Waals surface area contributed by atoms with Gasteiger partial charge in [-0.05, 0) is 19.1 Å². The van der Waals surface area contributed by atoms with Crippen molar-refractivity contribution >= 4 is 17.0 Å². The summed E-state index contributed by atoms with van der Waals surface area (Å²) in [5, 5.41) is 4.23. The lowest BCUT2D eigenvalue weighted by molar-refractivity contribution is 0.635. The molecule has 18 heavy (non-hydrogen) atoms. The Morgan fingerprint density at radius 1 is 1.33 bits per heavy atom. The van der Waals surface area contributed by atoms with Crippen LogP contribution in [0.25, 0.3) is 16.7 Å². The van der Waals surface area contributed by atoms with Crippen LogP contribution in [0.2, 0.25) is 0 Å². The molecule has 0 spiro atoms. The van der Waals surface area contributed by atoms with Crippen molar-refractivity contribution < 1.29 is 4.39 Å². The third-order valence-corrected chi connectivity index (χ3v) is 2.88. The molecule has 0 aliphatic heterocycles. The fraction of sp³-hybridized carbons (Fsp3) is 0.167. The number of halogens is 1. The molecule has 0 saturated heterocycles. The first-order chi connectivity index (χ1) is 8.58. The zero-order valence-electron chi connectivity index (χ0n) is 10.1. The van der Waals surface area contributed by atoms with Gasteiger partial charge in [0.1, 0.15) is 11.3 Å². The SMILES string of the molecule is Cc1nn(C)cc1-n1c(N)nc2cccc(F)c21. The van der Waals surface area contributed by atoms with E-state index < -0.39 is 0 Å². The number of aromatic nitrogens is 4. The summed E-state index contributed by atoms with van der Waals surface area (Å²) < 4.78 is 17.2. The van der Waals surface area contributed by atoms with Gasteiger partial charge in [-0.1, -0.05) is 6.07 Å². The summed E-state index contributed by atoms with van der Waals surface area (Å²) >= 11 is 0. The number of anilines is 1. The van der Waals surface area contributed by atoms with E-state index in [1.54, 1.807) is 27.6 Å². The Hall–Kier alpha value is -2.37. The molecule has 0 bridgehead atoms. The molecule has 0 aliphatic carbocycles. The summed E-state index contributed by atoms with van der Waals surface area (Å²) in [5.74, 6) is -0.0915. The zero-order valence-corrected chi connectivity index (χ0v) is 10.1. The number of fused-ring (bicyclic) bond motifs is 1. The van der Waals surface area contributed by atoms with E-state index >= 15 is 0 Å². The van der Waals surface area contributed by atoms with Gasteiger partial charge in [0, 0.05) is 13.2 Å². The molecule has 92 valence electrons. The standard InChI is InChI=1S/C12H12FN5/c1-7-10(6-17(2)16-7)18-11-8(13)4-3-5-9(11)15-12(18)14/h3-6H,1-2H3,(H2,14,15). The molecule has 0 fully saturated rings. The van der Waals surface area contributed by atoms with Crippen LogP contribution in [0.5, 0.6) is 0 Å². The lowest BCUT2D eigenvalue weighted by atomic mass is 10.3. The summed E-state index contributed by atoms with van der Waals surface area (Å²) in [6.07, 6.45) is 1.79. The number of aryl methyl sites for hydroxylation is 2. The van der Waals surface area contributed by atoms with Crippen LogP contribution in [-0.4, -0.2) is 19.3 Å². The molecule has 6 heteroatoms. The quantitative estimate of drug-likeness (QED) is 0.711. The van der Waals surface area contributed by atoms with Crippen molar-refractivity contribution in [1.82, 2.24) is 19.3 Å². The third-order valence-electron chi connectivity index (χ3n) is 2.88. The molecule has 0 atom stereocenters. The van der Waals surface area contributed by atoms with Gasteiger partial charge in [0.15, 0.2) is 0 Å². The Labute approximate surface area is 103 Å². The first-order valence-electron chi connectivity index (χ1n) is 5.51. The van der Waals surface area contributed by atoms with E-state index in [4.69, 9.17) is 5.73 Å². The van der Waals surface area contributed by atoms with Gasteiger partial charge in [-0.25, -0.2) is 9.37 Å². The highest BCUT2D eigenvalue weighted by molar-refractivity contribution is 5.81. The van der Waals surface area contributed by atoms with Gasteiger partial charge in [-0.15, -0.1) is 0 Å². The highest BCUT2D eigenvalue weighted by atomic mass is 19.1. The normalized spacial score (nSPS) is 11.3. The minimum Gasteiger partial charge on any atom is -0.369 e. The summed E-state index contributed by atoms with van der Waals surface area (Å²) in [4.78, 5) is 4.16. The van der Waals surface area contributed by atoms with Crippen LogP contribution in [0.3, 0.4) is 0 Å². The molecule has 2 aromatic heterocycles. The minimum atomic E-state index is -0.347. The van der Waals surface area contributed by atoms with E-state index in [-0.39, 0.29) is 11.8 Å². The van der Waals surface area contributed by atoms with Crippen LogP contribution in [0, 0.1) is 12.7 Å². The van der Waals surface area contributed by atoms with E-state index in [1.807, 2.05) is 14.0 Å². The smallest absolute Gasteiger partial charge is 0.206 e. The molecule has 2 N–H and O–H groups in total. The van der Waals surface area contributed by atoms with Crippen molar-refractivity contribution in [3.8, 4) is 5.69 Å². The van der Waals surface area contributed by atoms with Gasteiger partial charge in [-0.2, -0.15) is 5.10 Å². The van der Waals surface area contributed by atoms with Gasteiger partial charge >= 0.3 is 0 Å². The predicted octanol–water partition coefficient (Wildman–Crippen LogP) is 1.79. The van der Waals surface area contributed by atoms with Gasteiger partial charge in [-0.3, -0.25) is 9.25 Å². The van der Waals surface area contributed by atoms with Crippen LogP contribution in [0.1, 0.15) is 5.69 Å². The zero-order chi connectivity index (χ0) is 12.9. The Balaban J connectivity index is 2.42. The van der Waals surface area contributed by atoms with Crippen LogP contribution < -0.4 is 5.73 Å². The number of nitrogen functional groups attached to an aromatic ring is 1. The number of imidazole rings is 1. The second-order valence-electron chi connectivity index (χ2n) is 4.19. The van der Waals surface area contributed by atoms with Gasteiger partial charge in [0.05, 0.1) is 16.9 Å². The Bertz CT molecular complexity index is 740. The maximum Gasteiger partial charge on any atom is 0.206 e. The van der Waals surface area contributed by atoms with Gasteiger partial charge in [0.2, 0.25) is 5.95 Å². The summed E-state index contributed by atoms with van der Waals surface area (Å²) in [5.41, 5.74) is 8.31.